The predicted octanol–water partition coefficient (Wildman–Crippen LogP) is 4.01. The largest absolute Gasteiger partial charge is 0.433 e. The summed E-state index contributed by atoms with van der Waals surface area (Å²) in [7, 11) is 0. The van der Waals surface area contributed by atoms with Gasteiger partial charge in [-0.25, -0.2) is 24.3 Å². The summed E-state index contributed by atoms with van der Waals surface area (Å²) in [6.07, 6.45) is 1.04. The fourth-order valence-electron chi connectivity index (χ4n) is 2.54. The molecule has 0 radical (unpaired) electrons. The zero-order valence-electron chi connectivity index (χ0n) is 12.9. The van der Waals surface area contributed by atoms with E-state index >= 15 is 0 Å². The third-order valence-corrected chi connectivity index (χ3v) is 3.74. The van der Waals surface area contributed by atoms with Crippen LogP contribution in [0.1, 0.15) is 5.69 Å². The lowest BCUT2D eigenvalue weighted by Gasteiger charge is -2.08. The van der Waals surface area contributed by atoms with Gasteiger partial charge in [-0.3, -0.25) is 4.40 Å². The van der Waals surface area contributed by atoms with Crippen LogP contribution in [0.5, 0.6) is 0 Å². The minimum atomic E-state index is -4.55. The second-order valence-corrected chi connectivity index (χ2v) is 5.39. The molecule has 0 aliphatic heterocycles. The molecule has 0 aliphatic carbocycles. The zero-order chi connectivity index (χ0) is 18.3. The molecule has 26 heavy (non-hydrogen) atoms. The second kappa shape index (κ2) is 5.87. The van der Waals surface area contributed by atoms with Gasteiger partial charge in [0.1, 0.15) is 11.5 Å². The Morgan fingerprint density at radius 2 is 1.73 bits per heavy atom. The van der Waals surface area contributed by atoms with E-state index in [1.165, 1.54) is 47.4 Å². The van der Waals surface area contributed by atoms with Crippen molar-refractivity contribution in [1.29, 1.82) is 0 Å². The van der Waals surface area contributed by atoms with Crippen molar-refractivity contribution in [3.05, 3.63) is 66.6 Å². The topological polar surface area (TPSA) is 56.0 Å². The Balaban J connectivity index is 1.84. The van der Waals surface area contributed by atoms with Gasteiger partial charge in [0.2, 0.25) is 5.78 Å². The van der Waals surface area contributed by atoms with Crippen molar-refractivity contribution in [3.63, 3.8) is 0 Å². The van der Waals surface area contributed by atoms with Crippen LogP contribution in [0.4, 0.5) is 17.6 Å². The number of alkyl halides is 3. The Bertz CT molecular complexity index is 1090. The first-order valence-corrected chi connectivity index (χ1v) is 7.42. The minimum absolute atomic E-state index is 0.100. The third kappa shape index (κ3) is 2.77. The first kappa shape index (κ1) is 16.1. The van der Waals surface area contributed by atoms with Gasteiger partial charge in [0, 0.05) is 24.2 Å². The Labute approximate surface area is 144 Å². The average Bonchev–Trinajstić information content (AvgIpc) is 3.05. The Morgan fingerprint density at radius 3 is 2.46 bits per heavy atom. The van der Waals surface area contributed by atoms with Crippen LogP contribution in [0.2, 0.25) is 0 Å². The molecule has 0 amide bonds. The lowest BCUT2D eigenvalue weighted by molar-refractivity contribution is -0.141. The van der Waals surface area contributed by atoms with Crippen molar-refractivity contribution in [3.8, 4) is 22.6 Å². The molecular formula is C17H9F4N5. The van der Waals surface area contributed by atoms with E-state index in [1.807, 2.05) is 0 Å². The summed E-state index contributed by atoms with van der Waals surface area (Å²) in [5.74, 6) is -0.402. The molecule has 0 atom stereocenters. The summed E-state index contributed by atoms with van der Waals surface area (Å²) in [5, 5.41) is 0. The molecule has 0 N–H and O–H groups in total. The number of rotatable bonds is 2. The maximum absolute atomic E-state index is 14.2. The van der Waals surface area contributed by atoms with E-state index in [0.717, 1.165) is 6.07 Å². The van der Waals surface area contributed by atoms with E-state index in [2.05, 4.69) is 19.9 Å². The molecule has 9 heteroatoms. The van der Waals surface area contributed by atoms with Gasteiger partial charge < -0.3 is 0 Å². The summed E-state index contributed by atoms with van der Waals surface area (Å²) in [5.41, 5.74) is 0.166. The van der Waals surface area contributed by atoms with E-state index in [9.17, 15) is 17.6 Å². The van der Waals surface area contributed by atoms with E-state index in [4.69, 9.17) is 0 Å². The molecule has 1 aromatic carbocycles. The number of aromatic nitrogens is 5. The van der Waals surface area contributed by atoms with Gasteiger partial charge in [0.25, 0.3) is 0 Å². The molecule has 0 spiro atoms. The fraction of sp³-hybridized carbons (Fsp3) is 0.0588. The minimum Gasteiger partial charge on any atom is -0.284 e. The lowest BCUT2D eigenvalue weighted by atomic mass is 10.1. The highest BCUT2D eigenvalue weighted by Crippen LogP contribution is 2.30. The molecule has 0 aliphatic rings. The smallest absolute Gasteiger partial charge is 0.284 e. The monoisotopic (exact) mass is 359 g/mol. The number of imidazole rings is 1. The summed E-state index contributed by atoms with van der Waals surface area (Å²) >= 11 is 0. The number of fused-ring (bicyclic) bond motifs is 1. The van der Waals surface area contributed by atoms with E-state index in [-0.39, 0.29) is 17.2 Å². The predicted molar refractivity (Wildman–Crippen MR) is 84.4 cm³/mol. The maximum Gasteiger partial charge on any atom is 0.433 e. The highest BCUT2D eigenvalue weighted by Gasteiger charge is 2.33. The van der Waals surface area contributed by atoms with Gasteiger partial charge in [0.05, 0.1) is 17.5 Å². The van der Waals surface area contributed by atoms with Crippen molar-refractivity contribution >= 4 is 5.78 Å². The highest BCUT2D eigenvalue weighted by molar-refractivity contribution is 5.69. The average molecular weight is 359 g/mol. The summed E-state index contributed by atoms with van der Waals surface area (Å²) in [6, 6.07) is 6.75. The van der Waals surface area contributed by atoms with Crippen LogP contribution >= 0.6 is 0 Å². The van der Waals surface area contributed by atoms with Gasteiger partial charge in [-0.1, -0.05) is 0 Å². The molecule has 5 nitrogen and oxygen atoms in total. The molecular weight excluding hydrogens is 350 g/mol. The molecule has 4 aromatic rings. The molecule has 0 saturated carbocycles. The molecule has 0 fully saturated rings. The van der Waals surface area contributed by atoms with Crippen LogP contribution < -0.4 is 0 Å². The number of benzene rings is 1. The van der Waals surface area contributed by atoms with Crippen molar-refractivity contribution in [1.82, 2.24) is 24.3 Å². The number of hydrogen-bond donors (Lipinski definition) is 0. The number of halogens is 4. The molecule has 130 valence electrons. The van der Waals surface area contributed by atoms with Crippen molar-refractivity contribution in [2.75, 3.05) is 0 Å². The van der Waals surface area contributed by atoms with Crippen molar-refractivity contribution in [2.24, 2.45) is 0 Å². The molecule has 4 rings (SSSR count). The van der Waals surface area contributed by atoms with Crippen LogP contribution in [-0.4, -0.2) is 24.3 Å². The van der Waals surface area contributed by atoms with E-state index in [1.54, 1.807) is 6.07 Å². The van der Waals surface area contributed by atoms with Gasteiger partial charge in [0.15, 0.2) is 5.82 Å². The third-order valence-electron chi connectivity index (χ3n) is 3.74. The van der Waals surface area contributed by atoms with Gasteiger partial charge in [-0.2, -0.15) is 13.2 Å². The van der Waals surface area contributed by atoms with E-state index in [0.29, 0.717) is 11.3 Å². The number of nitrogens with zero attached hydrogens (tertiary/aromatic N) is 5. The first-order valence-electron chi connectivity index (χ1n) is 7.42. The summed E-state index contributed by atoms with van der Waals surface area (Å²) < 4.78 is 53.9. The second-order valence-electron chi connectivity index (χ2n) is 5.39. The van der Waals surface area contributed by atoms with Gasteiger partial charge >= 0.3 is 6.18 Å². The molecule has 3 aromatic heterocycles. The normalized spacial score (nSPS) is 11.8. The fourth-order valence-corrected chi connectivity index (χ4v) is 2.54. The van der Waals surface area contributed by atoms with Crippen LogP contribution in [-0.2, 0) is 6.18 Å². The van der Waals surface area contributed by atoms with Gasteiger partial charge in [-0.15, -0.1) is 0 Å². The van der Waals surface area contributed by atoms with Crippen LogP contribution in [0.25, 0.3) is 28.4 Å². The standard InChI is InChI=1S/C17H9F4N5/c18-12-3-2-10(8-11(12)15-22-5-1-6-23-15)13-9-24-16-25-14(17(19,20)21)4-7-26(13)16/h1-9H. The lowest BCUT2D eigenvalue weighted by Crippen LogP contribution is -2.09. The maximum atomic E-state index is 14.2. The van der Waals surface area contributed by atoms with Crippen molar-refractivity contribution in [2.45, 2.75) is 6.18 Å². The molecule has 0 bridgehead atoms. The highest BCUT2D eigenvalue weighted by atomic mass is 19.4. The summed E-state index contributed by atoms with van der Waals surface area (Å²) in [4.78, 5) is 15.5. The first-order chi connectivity index (χ1) is 12.4. The van der Waals surface area contributed by atoms with Crippen LogP contribution in [0.15, 0.2) is 55.1 Å². The van der Waals surface area contributed by atoms with Crippen LogP contribution in [0, 0.1) is 5.82 Å². The molecule has 3 heterocycles. The van der Waals surface area contributed by atoms with Crippen LogP contribution in [0.3, 0.4) is 0 Å². The molecule has 0 saturated heterocycles. The molecule has 0 unspecified atom stereocenters. The zero-order valence-corrected chi connectivity index (χ0v) is 12.9. The quantitative estimate of drug-likeness (QED) is 0.508. The Hall–Kier alpha value is -3.36. The van der Waals surface area contributed by atoms with Gasteiger partial charge in [-0.05, 0) is 30.3 Å². The van der Waals surface area contributed by atoms with E-state index < -0.39 is 17.7 Å². The summed E-state index contributed by atoms with van der Waals surface area (Å²) in [6.45, 7) is 0. The Kier molecular flexibility index (Phi) is 3.64. The number of hydrogen-bond acceptors (Lipinski definition) is 4. The SMILES string of the molecule is Fc1ccc(-c2cnc3nc(C(F)(F)F)ccn23)cc1-c1ncccn1. The van der Waals surface area contributed by atoms with Crippen molar-refractivity contribution < 1.29 is 17.6 Å². The Morgan fingerprint density at radius 1 is 0.962 bits per heavy atom.